The van der Waals surface area contributed by atoms with Crippen LogP contribution in [0.25, 0.3) is 0 Å². The van der Waals surface area contributed by atoms with E-state index in [2.05, 4.69) is 4.99 Å². The number of anilines is 1. The van der Waals surface area contributed by atoms with Crippen molar-refractivity contribution < 1.29 is 8.78 Å². The number of nitriles is 1. The molecule has 90 valence electrons. The summed E-state index contributed by atoms with van der Waals surface area (Å²) in [5.41, 5.74) is 5.27. The van der Waals surface area contributed by atoms with Crippen LogP contribution in [0.3, 0.4) is 0 Å². The molecule has 0 aliphatic carbocycles. The van der Waals surface area contributed by atoms with Crippen LogP contribution < -0.4 is 5.73 Å². The number of benzene rings is 1. The maximum absolute atomic E-state index is 12.7. The van der Waals surface area contributed by atoms with Gasteiger partial charge in [0.05, 0.1) is 17.6 Å². The number of nitrogens with zero attached hydrogens (tertiary/aromatic N) is 3. The van der Waals surface area contributed by atoms with Gasteiger partial charge >= 0.3 is 0 Å². The molecule has 0 heterocycles. The van der Waals surface area contributed by atoms with Crippen LogP contribution in [0.15, 0.2) is 17.1 Å². The Bertz CT molecular complexity index is 475. The van der Waals surface area contributed by atoms with Gasteiger partial charge in [-0.3, -0.25) is 0 Å². The van der Waals surface area contributed by atoms with Gasteiger partial charge in [-0.1, -0.05) is 0 Å². The molecule has 2 N–H and O–H groups in total. The third-order valence-corrected chi connectivity index (χ3v) is 1.95. The molecule has 0 saturated heterocycles. The largest absolute Gasteiger partial charge is 0.399 e. The summed E-state index contributed by atoms with van der Waals surface area (Å²) >= 11 is 0. The third kappa shape index (κ3) is 3.14. The fourth-order valence-corrected chi connectivity index (χ4v) is 1.24. The minimum Gasteiger partial charge on any atom is -0.399 e. The van der Waals surface area contributed by atoms with Gasteiger partial charge in [-0.15, -0.1) is 0 Å². The highest BCUT2D eigenvalue weighted by molar-refractivity contribution is 5.70. The summed E-state index contributed by atoms with van der Waals surface area (Å²) < 4.78 is 25.4. The van der Waals surface area contributed by atoms with Crippen LogP contribution in [0.1, 0.15) is 17.6 Å². The van der Waals surface area contributed by atoms with Crippen molar-refractivity contribution in [3.63, 3.8) is 0 Å². The van der Waals surface area contributed by atoms with Crippen LogP contribution in [0, 0.1) is 11.3 Å². The Balaban J connectivity index is 3.34. The predicted octanol–water partition coefficient (Wildman–Crippen LogP) is 2.30. The van der Waals surface area contributed by atoms with Gasteiger partial charge in [-0.2, -0.15) is 5.26 Å². The van der Waals surface area contributed by atoms with Crippen molar-refractivity contribution in [3.05, 3.63) is 23.3 Å². The van der Waals surface area contributed by atoms with Crippen LogP contribution in [0.4, 0.5) is 20.2 Å². The van der Waals surface area contributed by atoms with E-state index in [1.807, 2.05) is 0 Å². The van der Waals surface area contributed by atoms with Gasteiger partial charge in [-0.05, 0) is 12.1 Å². The fraction of sp³-hybridized carbons (Fsp3) is 0.273. The summed E-state index contributed by atoms with van der Waals surface area (Å²) in [7, 11) is 3.46. The average molecular weight is 238 g/mol. The molecule has 0 aromatic heterocycles. The maximum atomic E-state index is 12.7. The van der Waals surface area contributed by atoms with Crippen molar-refractivity contribution in [2.24, 2.45) is 4.99 Å². The summed E-state index contributed by atoms with van der Waals surface area (Å²) in [6.07, 6.45) is -1.33. The molecular formula is C11H12F2N4. The third-order valence-electron chi connectivity index (χ3n) is 1.95. The fourth-order valence-electron chi connectivity index (χ4n) is 1.24. The van der Waals surface area contributed by atoms with Crippen molar-refractivity contribution in [3.8, 4) is 6.07 Å². The number of hydrogen-bond acceptors (Lipinski definition) is 3. The molecule has 6 heteroatoms. The van der Waals surface area contributed by atoms with E-state index in [0.29, 0.717) is 0 Å². The summed E-state index contributed by atoms with van der Waals surface area (Å²) in [6, 6.07) is 4.22. The van der Waals surface area contributed by atoms with Crippen LogP contribution in [0.2, 0.25) is 0 Å². The van der Waals surface area contributed by atoms with Crippen LogP contribution in [-0.2, 0) is 0 Å². The van der Waals surface area contributed by atoms with Crippen molar-refractivity contribution in [2.75, 3.05) is 19.8 Å². The molecule has 0 unspecified atom stereocenters. The summed E-state index contributed by atoms with van der Waals surface area (Å²) in [5.74, 6) is 0. The Kier molecular flexibility index (Phi) is 3.99. The lowest BCUT2D eigenvalue weighted by atomic mass is 10.1. The van der Waals surface area contributed by atoms with E-state index in [1.165, 1.54) is 12.4 Å². The smallest absolute Gasteiger partial charge is 0.265 e. The van der Waals surface area contributed by atoms with E-state index >= 15 is 0 Å². The molecule has 0 atom stereocenters. The second-order valence-corrected chi connectivity index (χ2v) is 3.62. The first kappa shape index (κ1) is 12.9. The van der Waals surface area contributed by atoms with E-state index in [-0.39, 0.29) is 16.9 Å². The molecule has 0 aliphatic rings. The topological polar surface area (TPSA) is 65.4 Å². The molecule has 0 aliphatic heterocycles. The molecule has 0 spiro atoms. The van der Waals surface area contributed by atoms with Gasteiger partial charge in [0.25, 0.3) is 6.43 Å². The van der Waals surface area contributed by atoms with Gasteiger partial charge in [0, 0.05) is 25.3 Å². The molecule has 0 amide bonds. The van der Waals surface area contributed by atoms with E-state index < -0.39 is 12.0 Å². The normalized spacial score (nSPS) is 10.8. The molecule has 0 fully saturated rings. The lowest BCUT2D eigenvalue weighted by Gasteiger charge is -2.08. The SMILES string of the molecule is CN(C)C=Nc1cc(N)cc(C(F)F)c1C#N. The van der Waals surface area contributed by atoms with Gasteiger partial charge in [-0.25, -0.2) is 13.8 Å². The van der Waals surface area contributed by atoms with Crippen molar-refractivity contribution in [1.29, 1.82) is 5.26 Å². The van der Waals surface area contributed by atoms with Gasteiger partial charge in [0.1, 0.15) is 6.07 Å². The summed E-state index contributed by atoms with van der Waals surface area (Å²) in [6.45, 7) is 0. The second-order valence-electron chi connectivity index (χ2n) is 3.62. The Morgan fingerprint density at radius 2 is 2.12 bits per heavy atom. The van der Waals surface area contributed by atoms with Gasteiger partial charge in [0.15, 0.2) is 0 Å². The average Bonchev–Trinajstić information content (AvgIpc) is 2.25. The molecule has 0 saturated carbocycles. The number of alkyl halides is 2. The Morgan fingerprint density at radius 1 is 1.47 bits per heavy atom. The molecular weight excluding hydrogens is 226 g/mol. The molecule has 1 aromatic rings. The maximum Gasteiger partial charge on any atom is 0.265 e. The monoisotopic (exact) mass is 238 g/mol. The van der Waals surface area contributed by atoms with Crippen molar-refractivity contribution >= 4 is 17.7 Å². The molecule has 1 aromatic carbocycles. The standard InChI is InChI=1S/C11H12F2N4/c1-17(2)6-16-10-4-7(15)3-8(11(12)13)9(10)5-14/h3-4,6,11H,15H2,1-2H3. The Hall–Kier alpha value is -2.16. The first-order chi connectivity index (χ1) is 7.95. The highest BCUT2D eigenvalue weighted by atomic mass is 19.3. The Morgan fingerprint density at radius 3 is 2.59 bits per heavy atom. The summed E-state index contributed by atoms with van der Waals surface area (Å²) in [4.78, 5) is 5.58. The minimum atomic E-state index is -2.75. The molecule has 17 heavy (non-hydrogen) atoms. The van der Waals surface area contributed by atoms with Gasteiger partial charge in [0.2, 0.25) is 0 Å². The van der Waals surface area contributed by atoms with E-state index in [4.69, 9.17) is 11.0 Å². The highest BCUT2D eigenvalue weighted by Gasteiger charge is 2.17. The number of nitrogen functional groups attached to an aromatic ring is 1. The van der Waals surface area contributed by atoms with E-state index in [0.717, 1.165) is 6.07 Å². The lowest BCUT2D eigenvalue weighted by molar-refractivity contribution is 0.151. The van der Waals surface area contributed by atoms with E-state index in [9.17, 15) is 8.78 Å². The first-order valence-electron chi connectivity index (χ1n) is 4.78. The van der Waals surface area contributed by atoms with Crippen LogP contribution in [0.5, 0.6) is 0 Å². The zero-order chi connectivity index (χ0) is 13.0. The van der Waals surface area contributed by atoms with Gasteiger partial charge < -0.3 is 10.6 Å². The van der Waals surface area contributed by atoms with Crippen molar-refractivity contribution in [1.82, 2.24) is 4.90 Å². The number of halogens is 2. The van der Waals surface area contributed by atoms with Crippen LogP contribution >= 0.6 is 0 Å². The van der Waals surface area contributed by atoms with Crippen molar-refractivity contribution in [2.45, 2.75) is 6.43 Å². The lowest BCUT2D eigenvalue weighted by Crippen LogP contribution is -2.07. The number of aliphatic imine (C=N–C) groups is 1. The molecule has 0 radical (unpaired) electrons. The van der Waals surface area contributed by atoms with E-state index in [1.54, 1.807) is 25.1 Å². The quantitative estimate of drug-likeness (QED) is 0.499. The highest BCUT2D eigenvalue weighted by Crippen LogP contribution is 2.32. The molecule has 0 bridgehead atoms. The Labute approximate surface area is 98.0 Å². The summed E-state index contributed by atoms with van der Waals surface area (Å²) in [5, 5.41) is 8.89. The molecule has 4 nitrogen and oxygen atoms in total. The predicted molar refractivity (Wildman–Crippen MR) is 62.4 cm³/mol. The first-order valence-corrected chi connectivity index (χ1v) is 4.78. The number of hydrogen-bond donors (Lipinski definition) is 1. The number of nitrogens with two attached hydrogens (primary N) is 1. The molecule has 1 rings (SSSR count). The second kappa shape index (κ2) is 5.25. The zero-order valence-corrected chi connectivity index (χ0v) is 9.48. The van der Waals surface area contributed by atoms with Crippen LogP contribution in [-0.4, -0.2) is 25.3 Å². The number of rotatable bonds is 3. The minimum absolute atomic E-state index is 0.146. The zero-order valence-electron chi connectivity index (χ0n) is 9.48.